The molecule has 2 fully saturated rings. The average molecular weight is 529 g/mol. The largest absolute Gasteiger partial charge is 0.416 e. The molecule has 4 rings (SSSR count). The number of carbonyl (C=O) groups is 1. The van der Waals surface area contributed by atoms with Gasteiger partial charge in [0.15, 0.2) is 0 Å². The molecule has 2 aliphatic heterocycles. The Bertz CT molecular complexity index is 1080. The third kappa shape index (κ3) is 6.20. The highest BCUT2D eigenvalue weighted by Crippen LogP contribution is 2.38. The van der Waals surface area contributed by atoms with Gasteiger partial charge in [0.25, 0.3) is 5.91 Å². The number of piperazine rings is 1. The van der Waals surface area contributed by atoms with Gasteiger partial charge in [0.05, 0.1) is 16.8 Å². The first kappa shape index (κ1) is 27.3. The Morgan fingerprint density at radius 2 is 1.54 bits per heavy atom. The number of hydrazine groups is 1. The van der Waals surface area contributed by atoms with Gasteiger partial charge in [-0.2, -0.15) is 26.3 Å². The molecule has 1 unspecified atom stereocenters. The van der Waals surface area contributed by atoms with Gasteiger partial charge in [-0.25, -0.2) is 0 Å². The van der Waals surface area contributed by atoms with E-state index < -0.39 is 41.1 Å². The Hall–Kier alpha value is -2.79. The lowest BCUT2D eigenvalue weighted by molar-refractivity contribution is -0.143. The minimum absolute atomic E-state index is 0.0514. The van der Waals surface area contributed by atoms with Gasteiger partial charge in [0.2, 0.25) is 0 Å². The number of hydrogen-bond donors (Lipinski definition) is 2. The Morgan fingerprint density at radius 3 is 2.14 bits per heavy atom. The summed E-state index contributed by atoms with van der Waals surface area (Å²) in [5.74, 6) is -0.449. The predicted octanol–water partition coefficient (Wildman–Crippen LogP) is 5.81. The van der Waals surface area contributed by atoms with Crippen LogP contribution in [0.4, 0.5) is 32.0 Å². The maximum absolute atomic E-state index is 13.6. The van der Waals surface area contributed by atoms with Crippen LogP contribution in [0.3, 0.4) is 0 Å². The second kappa shape index (κ2) is 10.5. The van der Waals surface area contributed by atoms with Gasteiger partial charge < -0.3 is 0 Å². The number of alkyl halides is 6. The summed E-state index contributed by atoms with van der Waals surface area (Å²) in [6, 6.07) is 8.17. The van der Waals surface area contributed by atoms with Gasteiger partial charge in [0.1, 0.15) is 6.04 Å². The molecule has 0 bridgehead atoms. The zero-order valence-corrected chi connectivity index (χ0v) is 20.6. The summed E-state index contributed by atoms with van der Waals surface area (Å²) in [5.41, 5.74) is 3.01. The average Bonchev–Trinajstić information content (AvgIpc) is 3.30. The zero-order chi connectivity index (χ0) is 27.0. The monoisotopic (exact) mass is 528 g/mol. The highest BCUT2D eigenvalue weighted by molar-refractivity contribution is 5.85. The second-order valence-corrected chi connectivity index (χ2v) is 9.92. The van der Waals surface area contributed by atoms with Gasteiger partial charge in [-0.1, -0.05) is 38.1 Å². The molecular weight excluding hydrogens is 498 g/mol. The number of halogens is 6. The van der Waals surface area contributed by atoms with Gasteiger partial charge in [-0.3, -0.25) is 25.4 Å². The highest BCUT2D eigenvalue weighted by atomic mass is 19.4. The van der Waals surface area contributed by atoms with Gasteiger partial charge >= 0.3 is 12.4 Å². The number of amides is 1. The number of carbonyl (C=O) groups excluding carboxylic acids is 1. The first-order valence-electron chi connectivity index (χ1n) is 12.3. The molecule has 2 N–H and O–H groups in total. The van der Waals surface area contributed by atoms with Crippen molar-refractivity contribution >= 4 is 11.6 Å². The Labute approximate surface area is 211 Å². The van der Waals surface area contributed by atoms with E-state index in [1.165, 1.54) is 0 Å². The van der Waals surface area contributed by atoms with E-state index in [0.29, 0.717) is 31.3 Å². The van der Waals surface area contributed by atoms with E-state index in [1.54, 1.807) is 0 Å². The predicted molar refractivity (Wildman–Crippen MR) is 128 cm³/mol. The summed E-state index contributed by atoms with van der Waals surface area (Å²) in [7, 11) is 0. The van der Waals surface area contributed by atoms with Crippen LogP contribution in [0.25, 0.3) is 0 Å². The third-order valence-electron chi connectivity index (χ3n) is 7.06. The van der Waals surface area contributed by atoms with Crippen LogP contribution in [0, 0.1) is 0 Å². The molecule has 0 spiro atoms. The van der Waals surface area contributed by atoms with Gasteiger partial charge in [-0.05, 0) is 54.6 Å². The Morgan fingerprint density at radius 1 is 0.919 bits per heavy atom. The molecule has 11 heteroatoms. The number of fused-ring (bicyclic) bond motifs is 1. The van der Waals surface area contributed by atoms with Crippen molar-refractivity contribution in [3.8, 4) is 0 Å². The molecule has 2 heterocycles. The zero-order valence-electron chi connectivity index (χ0n) is 20.6. The molecule has 2 aliphatic rings. The van der Waals surface area contributed by atoms with E-state index in [9.17, 15) is 31.1 Å². The van der Waals surface area contributed by atoms with Crippen LogP contribution in [0.15, 0.2) is 42.5 Å². The van der Waals surface area contributed by atoms with Crippen molar-refractivity contribution < 1.29 is 31.1 Å². The summed E-state index contributed by atoms with van der Waals surface area (Å²) in [5, 5.41) is 0. The van der Waals surface area contributed by atoms with Crippen molar-refractivity contribution in [3.63, 3.8) is 0 Å². The molecule has 1 amide bonds. The van der Waals surface area contributed by atoms with Crippen LogP contribution in [0.2, 0.25) is 0 Å². The fourth-order valence-corrected chi connectivity index (χ4v) is 5.27. The van der Waals surface area contributed by atoms with Gasteiger partial charge in [0, 0.05) is 25.7 Å². The maximum Gasteiger partial charge on any atom is 0.416 e. The SMILES string of the molecule is CC(C)c1ccccc1C(C(=O)NNc1cc(C(F)(F)F)cc(C(F)(F)F)c1)N1CCN2CCC[C@@H]2C1. The smallest absolute Gasteiger partial charge is 0.299 e. The number of anilines is 1. The lowest BCUT2D eigenvalue weighted by Crippen LogP contribution is -2.54. The molecule has 2 aromatic carbocycles. The number of rotatable bonds is 6. The Balaban J connectivity index is 1.63. The minimum Gasteiger partial charge on any atom is -0.299 e. The van der Waals surface area contributed by atoms with Crippen LogP contribution in [-0.2, 0) is 17.1 Å². The molecule has 2 saturated heterocycles. The van der Waals surface area contributed by atoms with Crippen molar-refractivity contribution in [2.45, 2.75) is 57.0 Å². The van der Waals surface area contributed by atoms with Gasteiger partial charge in [-0.15, -0.1) is 0 Å². The first-order chi connectivity index (χ1) is 17.3. The molecule has 0 aromatic heterocycles. The number of hydrogen-bond acceptors (Lipinski definition) is 4. The van der Waals surface area contributed by atoms with Crippen molar-refractivity contribution in [1.29, 1.82) is 0 Å². The fourth-order valence-electron chi connectivity index (χ4n) is 5.27. The molecule has 0 radical (unpaired) electrons. The summed E-state index contributed by atoms with van der Waals surface area (Å²) in [6.45, 7) is 7.06. The van der Waals surface area contributed by atoms with Crippen LogP contribution in [0.5, 0.6) is 0 Å². The van der Waals surface area contributed by atoms with Crippen molar-refractivity contribution in [3.05, 3.63) is 64.7 Å². The topological polar surface area (TPSA) is 47.6 Å². The van der Waals surface area contributed by atoms with E-state index in [0.717, 1.165) is 37.1 Å². The van der Waals surface area contributed by atoms with Crippen molar-refractivity contribution in [2.24, 2.45) is 0 Å². The minimum atomic E-state index is -4.98. The normalized spacial score (nSPS) is 20.1. The van der Waals surface area contributed by atoms with Crippen molar-refractivity contribution in [2.75, 3.05) is 31.6 Å². The standard InChI is InChI=1S/C26H30F6N4O/c1-16(2)21-7-3-4-8-22(21)23(36-11-10-35-9-5-6-20(35)15-36)24(37)34-33-19-13-17(25(27,28)29)12-18(14-19)26(30,31)32/h3-4,7-8,12-14,16,20,23,33H,5-6,9-11,15H2,1-2H3,(H,34,37)/t20-,23?/m1/s1. The molecule has 0 aliphatic carbocycles. The molecule has 2 aromatic rings. The second-order valence-electron chi connectivity index (χ2n) is 9.92. The highest BCUT2D eigenvalue weighted by Gasteiger charge is 2.39. The lowest BCUT2D eigenvalue weighted by Gasteiger charge is -2.41. The van der Waals surface area contributed by atoms with Crippen LogP contribution in [-0.4, -0.2) is 47.9 Å². The van der Waals surface area contributed by atoms with E-state index >= 15 is 0 Å². The molecule has 5 nitrogen and oxygen atoms in total. The first-order valence-corrected chi connectivity index (χ1v) is 12.3. The number of benzene rings is 2. The van der Waals surface area contributed by atoms with Crippen LogP contribution in [0.1, 0.15) is 60.9 Å². The van der Waals surface area contributed by atoms with Crippen LogP contribution >= 0.6 is 0 Å². The number of nitrogens with zero attached hydrogens (tertiary/aromatic N) is 2. The van der Waals surface area contributed by atoms with E-state index in [2.05, 4.69) is 20.7 Å². The quantitative estimate of drug-likeness (QED) is 0.367. The Kier molecular flexibility index (Phi) is 7.75. The van der Waals surface area contributed by atoms with Crippen molar-refractivity contribution in [1.82, 2.24) is 15.2 Å². The molecule has 37 heavy (non-hydrogen) atoms. The van der Waals surface area contributed by atoms with E-state index in [1.807, 2.05) is 38.1 Å². The molecule has 202 valence electrons. The lowest BCUT2D eigenvalue weighted by atomic mass is 9.91. The summed E-state index contributed by atoms with van der Waals surface area (Å²) >= 11 is 0. The summed E-state index contributed by atoms with van der Waals surface area (Å²) < 4.78 is 79.6. The molecule has 2 atom stereocenters. The van der Waals surface area contributed by atoms with E-state index in [-0.39, 0.29) is 12.0 Å². The summed E-state index contributed by atoms with van der Waals surface area (Å²) in [6.07, 6.45) is -7.88. The molecular formula is C26H30F6N4O. The summed E-state index contributed by atoms with van der Waals surface area (Å²) in [4.78, 5) is 18.0. The fraction of sp³-hybridized carbons (Fsp3) is 0.500. The number of nitrogens with one attached hydrogen (secondary N) is 2. The third-order valence-corrected chi connectivity index (χ3v) is 7.06. The van der Waals surface area contributed by atoms with E-state index in [4.69, 9.17) is 0 Å². The maximum atomic E-state index is 13.6. The molecule has 0 saturated carbocycles. The van der Waals surface area contributed by atoms with Crippen LogP contribution < -0.4 is 10.9 Å².